The third-order valence-electron chi connectivity index (χ3n) is 3.48. The molecule has 0 aliphatic heterocycles. The van der Waals surface area contributed by atoms with E-state index in [0.717, 1.165) is 18.6 Å². The van der Waals surface area contributed by atoms with Crippen molar-refractivity contribution in [3.8, 4) is 0 Å². The normalized spacial score (nSPS) is 16.5. The molecule has 102 valence electrons. The van der Waals surface area contributed by atoms with Crippen LogP contribution in [0.3, 0.4) is 0 Å². The summed E-state index contributed by atoms with van der Waals surface area (Å²) < 4.78 is 25.9. The molecule has 1 aliphatic rings. The number of halogens is 2. The van der Waals surface area contributed by atoms with Gasteiger partial charge in [0.2, 0.25) is 0 Å². The lowest BCUT2D eigenvalue weighted by atomic mass is 9.69. The molecule has 1 aromatic carbocycles. The first kappa shape index (κ1) is 13.5. The fourth-order valence-corrected chi connectivity index (χ4v) is 2.11. The number of carbonyl (C=O) groups excluding carboxylic acids is 1. The van der Waals surface area contributed by atoms with Crippen molar-refractivity contribution < 1.29 is 23.5 Å². The van der Waals surface area contributed by atoms with Gasteiger partial charge < -0.3 is 10.4 Å². The molecule has 0 bridgehead atoms. The second-order valence-electron chi connectivity index (χ2n) is 4.78. The van der Waals surface area contributed by atoms with Crippen molar-refractivity contribution in [1.82, 2.24) is 5.32 Å². The Morgan fingerprint density at radius 3 is 2.21 bits per heavy atom. The summed E-state index contributed by atoms with van der Waals surface area (Å²) in [6, 6.07) is 2.49. The summed E-state index contributed by atoms with van der Waals surface area (Å²) >= 11 is 0. The number of carbonyl (C=O) groups is 2. The number of carboxylic acids is 1. The van der Waals surface area contributed by atoms with Crippen molar-refractivity contribution in [3.63, 3.8) is 0 Å². The quantitative estimate of drug-likeness (QED) is 0.878. The van der Waals surface area contributed by atoms with Gasteiger partial charge in [0.15, 0.2) is 0 Å². The highest BCUT2D eigenvalue weighted by molar-refractivity contribution is 5.94. The molecule has 6 heteroatoms. The third-order valence-corrected chi connectivity index (χ3v) is 3.48. The fraction of sp³-hybridized carbons (Fsp3) is 0.385. The molecule has 1 aliphatic carbocycles. The van der Waals surface area contributed by atoms with Crippen LogP contribution in [0.1, 0.15) is 29.6 Å². The molecule has 0 saturated heterocycles. The molecular formula is C13H13F2NO3. The standard InChI is InChI=1S/C13H13F2NO3/c14-9-4-8(5-10(15)6-9)11(17)16-7-13(12(18)19)2-1-3-13/h4-6H,1-3,7H2,(H,16,17)(H,18,19). The first-order valence-corrected chi connectivity index (χ1v) is 5.91. The number of hydrogen-bond donors (Lipinski definition) is 2. The van der Waals surface area contributed by atoms with Crippen LogP contribution in [0.25, 0.3) is 0 Å². The van der Waals surface area contributed by atoms with Crippen LogP contribution in [-0.4, -0.2) is 23.5 Å². The van der Waals surface area contributed by atoms with Gasteiger partial charge in [0.25, 0.3) is 5.91 Å². The second-order valence-corrected chi connectivity index (χ2v) is 4.78. The summed E-state index contributed by atoms with van der Waals surface area (Å²) in [5.74, 6) is -3.32. The van der Waals surface area contributed by atoms with Gasteiger partial charge in [0.05, 0.1) is 5.41 Å². The summed E-state index contributed by atoms with van der Waals surface area (Å²) in [4.78, 5) is 22.8. The van der Waals surface area contributed by atoms with E-state index < -0.39 is 28.9 Å². The Kier molecular flexibility index (Phi) is 3.50. The molecular weight excluding hydrogens is 256 g/mol. The second kappa shape index (κ2) is 4.95. The SMILES string of the molecule is O=C(NCC1(C(=O)O)CCC1)c1cc(F)cc(F)c1. The highest BCUT2D eigenvalue weighted by atomic mass is 19.1. The minimum atomic E-state index is -0.954. The van der Waals surface area contributed by atoms with Crippen molar-refractivity contribution in [3.05, 3.63) is 35.4 Å². The Morgan fingerprint density at radius 1 is 1.21 bits per heavy atom. The Labute approximate surface area is 108 Å². The number of nitrogens with one attached hydrogen (secondary N) is 1. The van der Waals surface area contributed by atoms with E-state index in [1.807, 2.05) is 0 Å². The van der Waals surface area contributed by atoms with Gasteiger partial charge >= 0.3 is 5.97 Å². The molecule has 0 atom stereocenters. The number of rotatable bonds is 4. The minimum Gasteiger partial charge on any atom is -0.481 e. The van der Waals surface area contributed by atoms with Gasteiger partial charge in [-0.05, 0) is 25.0 Å². The van der Waals surface area contributed by atoms with E-state index in [2.05, 4.69) is 5.32 Å². The van der Waals surface area contributed by atoms with Crippen LogP contribution in [0.4, 0.5) is 8.78 Å². The van der Waals surface area contributed by atoms with Crippen molar-refractivity contribution >= 4 is 11.9 Å². The Morgan fingerprint density at radius 2 is 1.79 bits per heavy atom. The predicted molar refractivity (Wildman–Crippen MR) is 62.6 cm³/mol. The molecule has 0 spiro atoms. The number of carboxylic acid groups (broad SMARTS) is 1. The van der Waals surface area contributed by atoms with Gasteiger partial charge in [-0.3, -0.25) is 9.59 Å². The van der Waals surface area contributed by atoms with E-state index in [0.29, 0.717) is 18.9 Å². The van der Waals surface area contributed by atoms with Gasteiger partial charge in [-0.1, -0.05) is 6.42 Å². The summed E-state index contributed by atoms with van der Waals surface area (Å²) in [5.41, 5.74) is -1.08. The Bertz CT molecular complexity index is 506. The molecule has 1 amide bonds. The number of amides is 1. The van der Waals surface area contributed by atoms with Gasteiger partial charge in [-0.2, -0.15) is 0 Å². The first-order chi connectivity index (χ1) is 8.93. The summed E-state index contributed by atoms with van der Waals surface area (Å²) in [6.07, 6.45) is 1.80. The van der Waals surface area contributed by atoms with E-state index in [1.54, 1.807) is 0 Å². The zero-order valence-electron chi connectivity index (χ0n) is 10.1. The largest absolute Gasteiger partial charge is 0.481 e. The maximum Gasteiger partial charge on any atom is 0.311 e. The fourth-order valence-electron chi connectivity index (χ4n) is 2.11. The maximum atomic E-state index is 13.0. The molecule has 0 aromatic heterocycles. The molecule has 2 rings (SSSR count). The Balaban J connectivity index is 2.03. The maximum absolute atomic E-state index is 13.0. The lowest BCUT2D eigenvalue weighted by molar-refractivity contribution is -0.153. The van der Waals surface area contributed by atoms with Crippen molar-refractivity contribution in [2.45, 2.75) is 19.3 Å². The van der Waals surface area contributed by atoms with Gasteiger partial charge in [-0.25, -0.2) is 8.78 Å². The highest BCUT2D eigenvalue weighted by Crippen LogP contribution is 2.40. The van der Waals surface area contributed by atoms with E-state index in [-0.39, 0.29) is 12.1 Å². The van der Waals surface area contributed by atoms with Gasteiger partial charge in [-0.15, -0.1) is 0 Å². The van der Waals surface area contributed by atoms with E-state index in [1.165, 1.54) is 0 Å². The van der Waals surface area contributed by atoms with Crippen LogP contribution >= 0.6 is 0 Å². The Hall–Kier alpha value is -1.98. The number of hydrogen-bond acceptors (Lipinski definition) is 2. The topological polar surface area (TPSA) is 66.4 Å². The van der Waals surface area contributed by atoms with Crippen molar-refractivity contribution in [2.75, 3.05) is 6.54 Å². The zero-order chi connectivity index (χ0) is 14.0. The molecule has 0 heterocycles. The molecule has 2 N–H and O–H groups in total. The summed E-state index contributed by atoms with van der Waals surface area (Å²) in [6.45, 7) is -0.0285. The molecule has 1 fully saturated rings. The van der Waals surface area contributed by atoms with Crippen LogP contribution in [0.5, 0.6) is 0 Å². The first-order valence-electron chi connectivity index (χ1n) is 5.91. The van der Waals surface area contributed by atoms with Crippen LogP contribution in [0, 0.1) is 17.0 Å². The minimum absolute atomic E-state index is 0.0285. The molecule has 0 unspecified atom stereocenters. The lowest BCUT2D eigenvalue weighted by Crippen LogP contribution is -2.47. The number of aliphatic carboxylic acids is 1. The third kappa shape index (κ3) is 2.72. The summed E-state index contributed by atoms with van der Waals surface area (Å²) in [7, 11) is 0. The van der Waals surface area contributed by atoms with E-state index in [4.69, 9.17) is 5.11 Å². The monoisotopic (exact) mass is 269 g/mol. The van der Waals surface area contributed by atoms with Crippen LogP contribution < -0.4 is 5.32 Å². The van der Waals surface area contributed by atoms with E-state index in [9.17, 15) is 18.4 Å². The van der Waals surface area contributed by atoms with Crippen LogP contribution in [0.2, 0.25) is 0 Å². The van der Waals surface area contributed by atoms with E-state index >= 15 is 0 Å². The zero-order valence-corrected chi connectivity index (χ0v) is 10.1. The molecule has 0 radical (unpaired) electrons. The molecule has 1 saturated carbocycles. The molecule has 4 nitrogen and oxygen atoms in total. The molecule has 1 aromatic rings. The summed E-state index contributed by atoms with van der Waals surface area (Å²) in [5, 5.41) is 11.5. The average molecular weight is 269 g/mol. The van der Waals surface area contributed by atoms with Crippen LogP contribution in [0.15, 0.2) is 18.2 Å². The lowest BCUT2D eigenvalue weighted by Gasteiger charge is -2.37. The average Bonchev–Trinajstić information content (AvgIpc) is 2.25. The smallest absolute Gasteiger partial charge is 0.311 e. The van der Waals surface area contributed by atoms with Gasteiger partial charge in [0, 0.05) is 18.2 Å². The highest BCUT2D eigenvalue weighted by Gasteiger charge is 2.44. The molecule has 19 heavy (non-hydrogen) atoms. The number of benzene rings is 1. The van der Waals surface area contributed by atoms with Gasteiger partial charge in [0.1, 0.15) is 11.6 Å². The van der Waals surface area contributed by atoms with Crippen molar-refractivity contribution in [1.29, 1.82) is 0 Å². The van der Waals surface area contributed by atoms with Crippen LogP contribution in [-0.2, 0) is 4.79 Å². The van der Waals surface area contributed by atoms with Crippen molar-refractivity contribution in [2.24, 2.45) is 5.41 Å². The predicted octanol–water partition coefficient (Wildman–Crippen LogP) is 1.95.